The zero-order valence-electron chi connectivity index (χ0n) is 12.2. The summed E-state index contributed by atoms with van der Waals surface area (Å²) in [6.07, 6.45) is 0. The highest BCUT2D eigenvalue weighted by Gasteiger charge is 2.11. The molecule has 0 atom stereocenters. The Hall–Kier alpha value is -2.31. The first kappa shape index (κ1) is 18.0. The molecule has 0 aromatic heterocycles. The van der Waals surface area contributed by atoms with Gasteiger partial charge in [-0.2, -0.15) is 0 Å². The van der Waals surface area contributed by atoms with Gasteiger partial charge in [-0.05, 0) is 42.5 Å². The van der Waals surface area contributed by atoms with Crippen LogP contribution in [0.2, 0.25) is 10.0 Å². The molecular formula is C16H12Cl2FNO4. The van der Waals surface area contributed by atoms with E-state index in [9.17, 15) is 14.0 Å². The van der Waals surface area contributed by atoms with Crippen LogP contribution < -0.4 is 10.1 Å². The lowest BCUT2D eigenvalue weighted by Crippen LogP contribution is -2.24. The summed E-state index contributed by atoms with van der Waals surface area (Å²) < 4.78 is 23.4. The number of halogens is 3. The number of anilines is 1. The van der Waals surface area contributed by atoms with E-state index in [1.807, 2.05) is 0 Å². The van der Waals surface area contributed by atoms with Gasteiger partial charge in [0.25, 0.3) is 5.91 Å². The van der Waals surface area contributed by atoms with E-state index in [-0.39, 0.29) is 17.3 Å². The van der Waals surface area contributed by atoms with Crippen molar-refractivity contribution in [1.82, 2.24) is 0 Å². The molecule has 5 nitrogen and oxygen atoms in total. The van der Waals surface area contributed by atoms with Gasteiger partial charge in [-0.25, -0.2) is 9.18 Å². The van der Waals surface area contributed by atoms with Gasteiger partial charge in [0.05, 0.1) is 5.69 Å². The van der Waals surface area contributed by atoms with Gasteiger partial charge >= 0.3 is 5.97 Å². The number of amides is 1. The minimum Gasteiger partial charge on any atom is -0.482 e. The third-order valence-electron chi connectivity index (χ3n) is 2.74. The highest BCUT2D eigenvalue weighted by Crippen LogP contribution is 2.19. The molecule has 0 saturated heterocycles. The zero-order chi connectivity index (χ0) is 17.5. The van der Waals surface area contributed by atoms with Crippen LogP contribution in [-0.2, 0) is 14.3 Å². The van der Waals surface area contributed by atoms with E-state index < -0.39 is 24.3 Å². The predicted octanol–water partition coefficient (Wildman–Crippen LogP) is 3.69. The smallest absolute Gasteiger partial charge is 0.344 e. The maximum Gasteiger partial charge on any atom is 0.344 e. The Bertz CT molecular complexity index is 737. The summed E-state index contributed by atoms with van der Waals surface area (Å²) in [4.78, 5) is 23.2. The third kappa shape index (κ3) is 5.72. The number of hydrogen-bond acceptors (Lipinski definition) is 4. The molecule has 0 saturated carbocycles. The van der Waals surface area contributed by atoms with Crippen LogP contribution in [0.25, 0.3) is 0 Å². The summed E-state index contributed by atoms with van der Waals surface area (Å²) in [6.45, 7) is -0.949. The van der Waals surface area contributed by atoms with Gasteiger partial charge in [0.15, 0.2) is 13.2 Å². The fraction of sp³-hybridized carbons (Fsp3) is 0.125. The molecule has 126 valence electrons. The van der Waals surface area contributed by atoms with Crippen molar-refractivity contribution in [2.24, 2.45) is 0 Å². The van der Waals surface area contributed by atoms with Crippen molar-refractivity contribution < 1.29 is 23.5 Å². The molecule has 24 heavy (non-hydrogen) atoms. The van der Waals surface area contributed by atoms with Crippen LogP contribution >= 0.6 is 23.2 Å². The number of carbonyl (C=O) groups is 2. The fourth-order valence-corrected chi connectivity index (χ4v) is 1.94. The van der Waals surface area contributed by atoms with E-state index in [2.05, 4.69) is 5.32 Å². The SMILES string of the molecule is O=C(COC(=O)COc1ccc(Cl)cc1)Nc1cc(Cl)ccc1F. The molecule has 1 amide bonds. The van der Waals surface area contributed by atoms with Gasteiger partial charge in [0.2, 0.25) is 0 Å². The Morgan fingerprint density at radius 1 is 1.00 bits per heavy atom. The minimum absolute atomic E-state index is 0.0963. The van der Waals surface area contributed by atoms with Crippen molar-refractivity contribution in [3.63, 3.8) is 0 Å². The van der Waals surface area contributed by atoms with Gasteiger partial charge in [0, 0.05) is 10.0 Å². The monoisotopic (exact) mass is 371 g/mol. The molecule has 8 heteroatoms. The molecule has 2 rings (SSSR count). The summed E-state index contributed by atoms with van der Waals surface area (Å²) in [5, 5.41) is 3.06. The average Bonchev–Trinajstić information content (AvgIpc) is 2.56. The van der Waals surface area contributed by atoms with Crippen molar-refractivity contribution in [2.45, 2.75) is 0 Å². The molecular weight excluding hydrogens is 360 g/mol. The lowest BCUT2D eigenvalue weighted by atomic mass is 10.3. The molecule has 0 aliphatic carbocycles. The van der Waals surface area contributed by atoms with Gasteiger partial charge in [-0.3, -0.25) is 4.79 Å². The highest BCUT2D eigenvalue weighted by atomic mass is 35.5. The molecule has 0 unspecified atom stereocenters. The Morgan fingerprint density at radius 3 is 2.38 bits per heavy atom. The van der Waals surface area contributed by atoms with E-state index in [1.54, 1.807) is 24.3 Å². The van der Waals surface area contributed by atoms with Crippen molar-refractivity contribution in [2.75, 3.05) is 18.5 Å². The standard InChI is InChI=1S/C16H12Cl2FNO4/c17-10-1-4-12(5-2-10)23-9-16(22)24-8-15(21)20-14-7-11(18)3-6-13(14)19/h1-7H,8-9H2,(H,20,21). The summed E-state index contributed by atoms with van der Waals surface area (Å²) in [7, 11) is 0. The van der Waals surface area contributed by atoms with Crippen LogP contribution in [0.3, 0.4) is 0 Å². The van der Waals surface area contributed by atoms with Crippen LogP contribution in [-0.4, -0.2) is 25.1 Å². The lowest BCUT2D eigenvalue weighted by molar-refractivity contribution is -0.149. The number of benzene rings is 2. The van der Waals surface area contributed by atoms with Crippen LogP contribution in [0.15, 0.2) is 42.5 Å². The molecule has 0 aliphatic heterocycles. The highest BCUT2D eigenvalue weighted by molar-refractivity contribution is 6.31. The molecule has 2 aromatic rings. The summed E-state index contributed by atoms with van der Waals surface area (Å²) in [5.74, 6) is -1.66. The fourth-order valence-electron chi connectivity index (χ4n) is 1.64. The minimum atomic E-state index is -0.744. The van der Waals surface area contributed by atoms with E-state index in [4.69, 9.17) is 32.7 Å². The Labute approximate surface area is 147 Å². The van der Waals surface area contributed by atoms with Gasteiger partial charge < -0.3 is 14.8 Å². The van der Waals surface area contributed by atoms with Crippen molar-refractivity contribution in [3.05, 3.63) is 58.3 Å². The first-order valence-corrected chi connectivity index (χ1v) is 7.48. The molecule has 2 aromatic carbocycles. The predicted molar refractivity (Wildman–Crippen MR) is 87.9 cm³/mol. The summed E-state index contributed by atoms with van der Waals surface area (Å²) in [6, 6.07) is 10.1. The zero-order valence-corrected chi connectivity index (χ0v) is 13.7. The van der Waals surface area contributed by atoms with Crippen LogP contribution in [0.1, 0.15) is 0 Å². The second-order valence-corrected chi connectivity index (χ2v) is 5.45. The summed E-state index contributed by atoms with van der Waals surface area (Å²) >= 11 is 11.4. The Balaban J connectivity index is 1.75. The van der Waals surface area contributed by atoms with E-state index in [0.717, 1.165) is 6.07 Å². The van der Waals surface area contributed by atoms with E-state index in [0.29, 0.717) is 10.8 Å². The maximum absolute atomic E-state index is 13.5. The van der Waals surface area contributed by atoms with Crippen molar-refractivity contribution in [1.29, 1.82) is 0 Å². The van der Waals surface area contributed by atoms with E-state index in [1.165, 1.54) is 12.1 Å². The third-order valence-corrected chi connectivity index (χ3v) is 3.22. The van der Waals surface area contributed by atoms with E-state index >= 15 is 0 Å². The molecule has 0 heterocycles. The molecule has 0 radical (unpaired) electrons. The second-order valence-electron chi connectivity index (χ2n) is 4.58. The molecule has 0 bridgehead atoms. The van der Waals surface area contributed by atoms with Crippen LogP contribution in [0.4, 0.5) is 10.1 Å². The van der Waals surface area contributed by atoms with Gasteiger partial charge in [0.1, 0.15) is 11.6 Å². The molecule has 1 N–H and O–H groups in total. The van der Waals surface area contributed by atoms with Crippen LogP contribution in [0.5, 0.6) is 5.75 Å². The first-order valence-electron chi connectivity index (χ1n) is 6.73. The maximum atomic E-state index is 13.5. The normalized spacial score (nSPS) is 10.1. The topological polar surface area (TPSA) is 64.6 Å². The number of esters is 1. The molecule has 0 fully saturated rings. The molecule has 0 aliphatic rings. The second kappa shape index (κ2) is 8.52. The largest absolute Gasteiger partial charge is 0.482 e. The lowest BCUT2D eigenvalue weighted by Gasteiger charge is -2.08. The Morgan fingerprint density at radius 2 is 1.67 bits per heavy atom. The van der Waals surface area contributed by atoms with Crippen molar-refractivity contribution in [3.8, 4) is 5.75 Å². The summed E-state index contributed by atoms with van der Waals surface area (Å²) in [5.41, 5.74) is -0.0963. The van der Waals surface area contributed by atoms with Crippen molar-refractivity contribution >= 4 is 40.8 Å². The number of hydrogen-bond donors (Lipinski definition) is 1. The molecule has 0 spiro atoms. The number of ether oxygens (including phenoxy) is 2. The Kier molecular flexibility index (Phi) is 6.40. The number of rotatable bonds is 6. The number of carbonyl (C=O) groups excluding carboxylic acids is 2. The quantitative estimate of drug-likeness (QED) is 0.786. The number of nitrogens with one attached hydrogen (secondary N) is 1. The van der Waals surface area contributed by atoms with Gasteiger partial charge in [-0.15, -0.1) is 0 Å². The van der Waals surface area contributed by atoms with Crippen LogP contribution in [0, 0.1) is 5.82 Å². The first-order chi connectivity index (χ1) is 11.4. The van der Waals surface area contributed by atoms with Gasteiger partial charge in [-0.1, -0.05) is 23.2 Å². The average molecular weight is 372 g/mol.